The van der Waals surface area contributed by atoms with E-state index in [1.807, 2.05) is 4.90 Å². The number of nitrogens with one attached hydrogen (secondary N) is 2. The van der Waals surface area contributed by atoms with Gasteiger partial charge in [-0.15, -0.1) is 0 Å². The number of ether oxygens (including phenoxy) is 3. The highest BCUT2D eigenvalue weighted by Gasteiger charge is 2.24. The molecule has 2 aromatic carbocycles. The summed E-state index contributed by atoms with van der Waals surface area (Å²) in [5.41, 5.74) is 1.94. The van der Waals surface area contributed by atoms with E-state index in [-0.39, 0.29) is 16.4 Å². The van der Waals surface area contributed by atoms with E-state index in [1.165, 1.54) is 19.2 Å². The van der Waals surface area contributed by atoms with E-state index < -0.39 is 16.8 Å². The summed E-state index contributed by atoms with van der Waals surface area (Å²) in [6, 6.07) is 9.34. The number of benzene rings is 2. The average molecular weight is 530 g/mol. The van der Waals surface area contributed by atoms with E-state index in [0.29, 0.717) is 69.5 Å². The van der Waals surface area contributed by atoms with Crippen molar-refractivity contribution in [3.63, 3.8) is 0 Å². The van der Waals surface area contributed by atoms with Crippen molar-refractivity contribution in [3.8, 4) is 0 Å². The maximum Gasteiger partial charge on any atom is 0.337 e. The molecule has 0 unspecified atom stereocenters. The molecule has 13 heteroatoms. The Labute approximate surface area is 218 Å². The Balaban J connectivity index is 1.52. The van der Waals surface area contributed by atoms with Crippen molar-refractivity contribution in [3.05, 3.63) is 57.6 Å². The number of carbonyl (C=O) groups is 2. The van der Waals surface area contributed by atoms with Crippen LogP contribution in [0.4, 0.5) is 22.7 Å². The third-order valence-electron chi connectivity index (χ3n) is 6.03. The molecule has 2 aliphatic rings. The van der Waals surface area contributed by atoms with Crippen molar-refractivity contribution in [1.29, 1.82) is 0 Å². The highest BCUT2D eigenvalue weighted by atomic mass is 32.1. The number of thiocarbonyl (C=S) groups is 1. The predicted molar refractivity (Wildman–Crippen MR) is 141 cm³/mol. The van der Waals surface area contributed by atoms with Gasteiger partial charge in [0.2, 0.25) is 0 Å². The molecular formula is C24H27N5O7S. The quantitative estimate of drug-likeness (QED) is 0.247. The molecule has 0 spiro atoms. The van der Waals surface area contributed by atoms with Crippen LogP contribution in [0.5, 0.6) is 0 Å². The monoisotopic (exact) mass is 529 g/mol. The summed E-state index contributed by atoms with van der Waals surface area (Å²) >= 11 is 5.36. The second-order valence-electron chi connectivity index (χ2n) is 8.29. The van der Waals surface area contributed by atoms with Crippen molar-refractivity contribution < 1.29 is 28.7 Å². The van der Waals surface area contributed by atoms with E-state index in [0.717, 1.165) is 5.69 Å². The zero-order valence-electron chi connectivity index (χ0n) is 20.2. The second-order valence-corrected chi connectivity index (χ2v) is 8.70. The van der Waals surface area contributed by atoms with E-state index in [1.54, 1.807) is 24.3 Å². The smallest absolute Gasteiger partial charge is 0.337 e. The minimum Gasteiger partial charge on any atom is -0.465 e. The molecule has 0 saturated carbocycles. The van der Waals surface area contributed by atoms with Crippen LogP contribution in [-0.2, 0) is 14.2 Å². The molecular weight excluding hydrogens is 502 g/mol. The molecule has 0 atom stereocenters. The Bertz CT molecular complexity index is 1200. The Morgan fingerprint density at radius 1 is 0.946 bits per heavy atom. The molecule has 2 fully saturated rings. The SMILES string of the molecule is COC(=O)c1ccc(N2CCOCC2)c(NC(=S)NC(=O)c2ccc(N3CCOCC3)c([N+](=O)[O-])c2)c1. The van der Waals surface area contributed by atoms with Crippen molar-refractivity contribution in [2.24, 2.45) is 0 Å². The lowest BCUT2D eigenvalue weighted by Crippen LogP contribution is -2.38. The first kappa shape index (κ1) is 26.3. The normalized spacial score (nSPS) is 15.6. The molecule has 1 amide bonds. The first-order valence-electron chi connectivity index (χ1n) is 11.7. The maximum atomic E-state index is 12.9. The van der Waals surface area contributed by atoms with Gasteiger partial charge in [0, 0.05) is 37.8 Å². The topological polar surface area (TPSA) is 136 Å². The van der Waals surface area contributed by atoms with Gasteiger partial charge < -0.3 is 29.3 Å². The highest BCUT2D eigenvalue weighted by molar-refractivity contribution is 7.80. The first-order chi connectivity index (χ1) is 17.9. The van der Waals surface area contributed by atoms with Gasteiger partial charge in [-0.2, -0.15) is 0 Å². The summed E-state index contributed by atoms with van der Waals surface area (Å²) < 4.78 is 15.6. The molecule has 0 radical (unpaired) electrons. The Morgan fingerprint density at radius 3 is 2.11 bits per heavy atom. The summed E-state index contributed by atoms with van der Waals surface area (Å²) in [5, 5.41) is 17.3. The minimum absolute atomic E-state index is 0.0264. The van der Waals surface area contributed by atoms with Crippen LogP contribution in [0.25, 0.3) is 0 Å². The van der Waals surface area contributed by atoms with Crippen LogP contribution in [0.15, 0.2) is 36.4 Å². The lowest BCUT2D eigenvalue weighted by molar-refractivity contribution is -0.384. The van der Waals surface area contributed by atoms with Crippen LogP contribution < -0.4 is 20.4 Å². The molecule has 12 nitrogen and oxygen atoms in total. The predicted octanol–water partition coefficient (Wildman–Crippen LogP) is 2.18. The molecule has 2 saturated heterocycles. The van der Waals surface area contributed by atoms with E-state index in [2.05, 4.69) is 15.5 Å². The van der Waals surface area contributed by atoms with Crippen molar-refractivity contribution in [2.75, 3.05) is 74.8 Å². The van der Waals surface area contributed by atoms with Gasteiger partial charge in [-0.25, -0.2) is 4.79 Å². The fourth-order valence-corrected chi connectivity index (χ4v) is 4.38. The van der Waals surface area contributed by atoms with Crippen LogP contribution in [0, 0.1) is 10.1 Å². The molecule has 0 aromatic heterocycles. The number of hydrogen-bond acceptors (Lipinski definition) is 10. The molecule has 2 aromatic rings. The zero-order valence-corrected chi connectivity index (χ0v) is 21.0. The van der Waals surface area contributed by atoms with Gasteiger partial charge in [-0.05, 0) is 42.5 Å². The Morgan fingerprint density at radius 2 is 1.51 bits per heavy atom. The Kier molecular flexibility index (Phi) is 8.48. The minimum atomic E-state index is -0.605. The van der Waals surface area contributed by atoms with E-state index >= 15 is 0 Å². The van der Waals surface area contributed by atoms with Gasteiger partial charge in [-0.3, -0.25) is 20.2 Å². The van der Waals surface area contributed by atoms with Gasteiger partial charge in [0.15, 0.2) is 5.11 Å². The van der Waals surface area contributed by atoms with Gasteiger partial charge in [0.1, 0.15) is 5.69 Å². The van der Waals surface area contributed by atoms with Gasteiger partial charge in [0.25, 0.3) is 11.6 Å². The average Bonchev–Trinajstić information content (AvgIpc) is 2.93. The van der Waals surface area contributed by atoms with Crippen molar-refractivity contribution in [2.45, 2.75) is 0 Å². The van der Waals surface area contributed by atoms with Gasteiger partial charge in [-0.1, -0.05) is 0 Å². The third kappa shape index (κ3) is 6.31. The molecule has 2 aliphatic heterocycles. The number of morpholine rings is 2. The van der Waals surface area contributed by atoms with Crippen LogP contribution >= 0.6 is 12.2 Å². The Hall–Kier alpha value is -3.81. The number of carbonyl (C=O) groups excluding carboxylic acids is 2. The standard InChI is InChI=1S/C24H27N5O7S/c1-34-23(31)17-3-4-19(27-6-10-35-11-7-27)18(14-17)25-24(37)26-22(30)16-2-5-20(21(15-16)29(32)33)28-8-12-36-13-9-28/h2-5,14-15H,6-13H2,1H3,(H2,25,26,30,37). The number of nitro benzene ring substituents is 1. The van der Waals surface area contributed by atoms with E-state index in [4.69, 9.17) is 26.4 Å². The zero-order chi connectivity index (χ0) is 26.4. The van der Waals surface area contributed by atoms with Crippen LogP contribution in [0.3, 0.4) is 0 Å². The summed E-state index contributed by atoms with van der Waals surface area (Å²) in [6.45, 7) is 4.39. The number of methoxy groups -OCH3 is 1. The summed E-state index contributed by atoms with van der Waals surface area (Å²) in [6.07, 6.45) is 0. The molecule has 0 bridgehead atoms. The fraction of sp³-hybridized carbons (Fsp3) is 0.375. The number of esters is 1. The highest BCUT2D eigenvalue weighted by Crippen LogP contribution is 2.31. The first-order valence-corrected chi connectivity index (χ1v) is 12.1. The van der Waals surface area contributed by atoms with Gasteiger partial charge in [0.05, 0.1) is 55.4 Å². The molecule has 0 aliphatic carbocycles. The number of amides is 1. The third-order valence-corrected chi connectivity index (χ3v) is 6.23. The summed E-state index contributed by atoms with van der Waals surface area (Å²) in [4.78, 5) is 40.2. The van der Waals surface area contributed by atoms with Crippen molar-refractivity contribution in [1.82, 2.24) is 5.32 Å². The lowest BCUT2D eigenvalue weighted by Gasteiger charge is -2.31. The number of nitro groups is 1. The summed E-state index contributed by atoms with van der Waals surface area (Å²) in [7, 11) is 1.29. The number of anilines is 3. The fourth-order valence-electron chi connectivity index (χ4n) is 4.17. The number of nitrogens with zero attached hydrogens (tertiary/aromatic N) is 3. The molecule has 4 rings (SSSR count). The number of hydrogen-bond donors (Lipinski definition) is 2. The second kappa shape index (κ2) is 12.0. The van der Waals surface area contributed by atoms with Crippen LogP contribution in [0.1, 0.15) is 20.7 Å². The molecule has 196 valence electrons. The van der Waals surface area contributed by atoms with Gasteiger partial charge >= 0.3 is 5.97 Å². The van der Waals surface area contributed by atoms with E-state index in [9.17, 15) is 19.7 Å². The lowest BCUT2D eigenvalue weighted by atomic mass is 10.1. The van der Waals surface area contributed by atoms with Crippen LogP contribution in [-0.4, -0.2) is 81.6 Å². The van der Waals surface area contributed by atoms with Crippen molar-refractivity contribution >= 4 is 52.0 Å². The van der Waals surface area contributed by atoms with Crippen LogP contribution in [0.2, 0.25) is 0 Å². The molecule has 2 N–H and O–H groups in total. The molecule has 2 heterocycles. The largest absolute Gasteiger partial charge is 0.465 e. The maximum absolute atomic E-state index is 12.9. The number of rotatable bonds is 6. The summed E-state index contributed by atoms with van der Waals surface area (Å²) in [5.74, 6) is -1.12. The molecule has 37 heavy (non-hydrogen) atoms.